The summed E-state index contributed by atoms with van der Waals surface area (Å²) >= 11 is 6.04. The molecule has 0 saturated heterocycles. The van der Waals surface area contributed by atoms with Crippen LogP contribution in [0.1, 0.15) is 34.2 Å². The van der Waals surface area contributed by atoms with Gasteiger partial charge in [-0.2, -0.15) is 5.26 Å². The van der Waals surface area contributed by atoms with Crippen LogP contribution in [0.2, 0.25) is 5.02 Å². The van der Waals surface area contributed by atoms with Crippen LogP contribution in [0.25, 0.3) is 10.9 Å². The van der Waals surface area contributed by atoms with Gasteiger partial charge in [-0.15, -0.1) is 0 Å². The second-order valence-electron chi connectivity index (χ2n) is 6.93. The van der Waals surface area contributed by atoms with Gasteiger partial charge in [-0.25, -0.2) is 9.97 Å². The lowest BCUT2D eigenvalue weighted by molar-refractivity contribution is 0.445. The first kappa shape index (κ1) is 19.8. The van der Waals surface area contributed by atoms with Crippen molar-refractivity contribution in [2.24, 2.45) is 0 Å². The molecule has 4 aromatic rings. The number of nitrogens with one attached hydrogen (secondary N) is 1. The quantitative estimate of drug-likeness (QED) is 0.487. The third kappa shape index (κ3) is 4.40. The number of nitrogens with two attached hydrogens (primary N) is 1. The number of hydrogen-bond donors (Lipinski definition) is 2. The van der Waals surface area contributed by atoms with Crippen LogP contribution in [0.3, 0.4) is 0 Å². The normalized spacial score (nSPS) is 11.0. The van der Waals surface area contributed by atoms with Crippen LogP contribution < -0.4 is 11.1 Å². The van der Waals surface area contributed by atoms with E-state index in [1.807, 2.05) is 37.3 Å². The molecule has 30 heavy (non-hydrogen) atoms. The zero-order valence-electron chi connectivity index (χ0n) is 16.3. The van der Waals surface area contributed by atoms with E-state index in [-0.39, 0.29) is 5.69 Å². The highest BCUT2D eigenvalue weighted by Gasteiger charge is 2.14. The Hall–Kier alpha value is -3.47. The number of hydrogen-bond acceptors (Lipinski definition) is 7. The first-order chi connectivity index (χ1) is 14.5. The Kier molecular flexibility index (Phi) is 5.61. The molecule has 3 aromatic heterocycles. The number of aryl methyl sites for hydroxylation is 1. The predicted molar refractivity (Wildman–Crippen MR) is 115 cm³/mol. The summed E-state index contributed by atoms with van der Waals surface area (Å²) in [7, 11) is 0. The second kappa shape index (κ2) is 8.49. The Morgan fingerprint density at radius 2 is 2.03 bits per heavy atom. The summed E-state index contributed by atoms with van der Waals surface area (Å²) in [6.07, 6.45) is 2.09. The monoisotopic (exact) mass is 418 g/mol. The van der Waals surface area contributed by atoms with E-state index in [1.165, 1.54) is 0 Å². The average molecular weight is 419 g/mol. The summed E-state index contributed by atoms with van der Waals surface area (Å²) in [6.45, 7) is 2.88. The minimum Gasteiger partial charge on any atom is -0.443 e. The van der Waals surface area contributed by atoms with Gasteiger partial charge in [-0.3, -0.25) is 4.98 Å². The topological polar surface area (TPSA) is 114 Å². The Labute approximate surface area is 178 Å². The number of fused-ring (bicyclic) bond motifs is 1. The molecule has 8 heteroatoms. The van der Waals surface area contributed by atoms with Gasteiger partial charge in [0.15, 0.2) is 17.3 Å². The van der Waals surface area contributed by atoms with Crippen molar-refractivity contribution in [2.45, 2.75) is 26.4 Å². The minimum atomic E-state index is 0.287. The van der Waals surface area contributed by atoms with Crippen molar-refractivity contribution in [3.8, 4) is 6.07 Å². The van der Waals surface area contributed by atoms with Gasteiger partial charge in [0.05, 0.1) is 17.1 Å². The highest BCUT2D eigenvalue weighted by molar-refractivity contribution is 6.31. The van der Waals surface area contributed by atoms with Crippen LogP contribution in [0.4, 0.5) is 5.82 Å². The molecule has 0 aliphatic heterocycles. The third-order valence-electron chi connectivity index (χ3n) is 4.73. The largest absolute Gasteiger partial charge is 0.443 e. The van der Waals surface area contributed by atoms with Crippen LogP contribution >= 0.6 is 11.6 Å². The highest BCUT2D eigenvalue weighted by atomic mass is 35.5. The SMILES string of the molecule is Cc1nc(N)ccc1CNCc1oc(Cc2ccc3ncc(Cl)cc3c2)nc1C#N. The highest BCUT2D eigenvalue weighted by Crippen LogP contribution is 2.21. The van der Waals surface area contributed by atoms with Crippen LogP contribution in [0.5, 0.6) is 0 Å². The molecule has 0 unspecified atom stereocenters. The molecule has 0 aliphatic rings. The van der Waals surface area contributed by atoms with E-state index in [4.69, 9.17) is 21.8 Å². The fraction of sp³-hybridized carbons (Fsp3) is 0.182. The average Bonchev–Trinajstić information content (AvgIpc) is 3.11. The Morgan fingerprint density at radius 3 is 2.83 bits per heavy atom. The third-order valence-corrected chi connectivity index (χ3v) is 4.94. The Morgan fingerprint density at radius 1 is 1.17 bits per heavy atom. The standard InChI is InChI=1S/C22H19ClN6O/c1-13-15(3-5-21(25)28-13)10-26-12-20-19(9-24)29-22(30-20)7-14-2-4-18-16(6-14)8-17(23)11-27-18/h2-6,8,11,26H,7,10,12H2,1H3,(H2,25,28). The lowest BCUT2D eigenvalue weighted by Gasteiger charge is -2.06. The molecule has 1 aromatic carbocycles. The number of oxazole rings is 1. The van der Waals surface area contributed by atoms with Crippen molar-refractivity contribution in [2.75, 3.05) is 5.73 Å². The van der Waals surface area contributed by atoms with E-state index in [1.54, 1.807) is 12.3 Å². The minimum absolute atomic E-state index is 0.287. The molecule has 0 radical (unpaired) electrons. The summed E-state index contributed by atoms with van der Waals surface area (Å²) in [5.41, 5.74) is 9.74. The van der Waals surface area contributed by atoms with Crippen molar-refractivity contribution in [3.63, 3.8) is 0 Å². The van der Waals surface area contributed by atoms with Gasteiger partial charge in [-0.1, -0.05) is 23.7 Å². The molecule has 0 spiro atoms. The maximum Gasteiger partial charge on any atom is 0.200 e. The summed E-state index contributed by atoms with van der Waals surface area (Å²) in [4.78, 5) is 12.9. The van der Waals surface area contributed by atoms with Crippen molar-refractivity contribution >= 4 is 28.3 Å². The first-order valence-electron chi connectivity index (χ1n) is 9.37. The summed E-state index contributed by atoms with van der Waals surface area (Å²) < 4.78 is 5.86. The maximum atomic E-state index is 9.41. The Bertz CT molecular complexity index is 1260. The molecule has 3 heterocycles. The lowest BCUT2D eigenvalue weighted by atomic mass is 10.1. The van der Waals surface area contributed by atoms with Gasteiger partial charge in [-0.05, 0) is 42.3 Å². The Balaban J connectivity index is 1.46. The van der Waals surface area contributed by atoms with E-state index in [9.17, 15) is 5.26 Å². The van der Waals surface area contributed by atoms with E-state index >= 15 is 0 Å². The number of benzene rings is 1. The van der Waals surface area contributed by atoms with Crippen LogP contribution in [0, 0.1) is 18.3 Å². The van der Waals surface area contributed by atoms with Crippen molar-refractivity contribution in [3.05, 3.63) is 81.8 Å². The summed E-state index contributed by atoms with van der Waals surface area (Å²) in [6, 6.07) is 13.6. The molecule has 0 aliphatic carbocycles. The zero-order valence-corrected chi connectivity index (χ0v) is 17.1. The number of halogens is 1. The first-order valence-corrected chi connectivity index (χ1v) is 9.75. The van der Waals surface area contributed by atoms with Gasteiger partial charge in [0.2, 0.25) is 0 Å². The number of aromatic nitrogens is 3. The molecule has 0 atom stereocenters. The molecule has 4 rings (SSSR count). The summed E-state index contributed by atoms with van der Waals surface area (Å²) in [5.74, 6) is 1.50. The van der Waals surface area contributed by atoms with Crippen molar-refractivity contribution in [1.29, 1.82) is 5.26 Å². The number of rotatable bonds is 6. The van der Waals surface area contributed by atoms with E-state index in [0.29, 0.717) is 42.0 Å². The van der Waals surface area contributed by atoms with E-state index < -0.39 is 0 Å². The van der Waals surface area contributed by atoms with Gasteiger partial charge in [0, 0.05) is 30.2 Å². The number of nitriles is 1. The number of nitrogens with zero attached hydrogens (tertiary/aromatic N) is 4. The molecule has 3 N–H and O–H groups in total. The lowest BCUT2D eigenvalue weighted by Crippen LogP contribution is -2.14. The van der Waals surface area contributed by atoms with Crippen LogP contribution in [-0.4, -0.2) is 15.0 Å². The van der Waals surface area contributed by atoms with Crippen LogP contribution in [-0.2, 0) is 19.5 Å². The van der Waals surface area contributed by atoms with Gasteiger partial charge in [0.25, 0.3) is 0 Å². The van der Waals surface area contributed by atoms with Gasteiger partial charge < -0.3 is 15.5 Å². The van der Waals surface area contributed by atoms with Gasteiger partial charge >= 0.3 is 0 Å². The van der Waals surface area contributed by atoms with Gasteiger partial charge in [0.1, 0.15) is 11.9 Å². The fourth-order valence-electron chi connectivity index (χ4n) is 3.23. The molecule has 0 bridgehead atoms. The van der Waals surface area contributed by atoms with Crippen molar-refractivity contribution < 1.29 is 4.42 Å². The molecule has 7 nitrogen and oxygen atoms in total. The smallest absolute Gasteiger partial charge is 0.200 e. The van der Waals surface area contributed by atoms with E-state index in [2.05, 4.69) is 26.3 Å². The molecular formula is C22H19ClN6O. The van der Waals surface area contributed by atoms with Crippen molar-refractivity contribution in [1.82, 2.24) is 20.3 Å². The number of pyridine rings is 2. The molecule has 150 valence electrons. The summed E-state index contributed by atoms with van der Waals surface area (Å²) in [5, 5.41) is 14.2. The zero-order chi connectivity index (χ0) is 21.1. The molecule has 0 saturated carbocycles. The molecular weight excluding hydrogens is 400 g/mol. The second-order valence-corrected chi connectivity index (χ2v) is 7.37. The molecule has 0 fully saturated rings. The fourth-order valence-corrected chi connectivity index (χ4v) is 3.40. The predicted octanol–water partition coefficient (Wildman–Crippen LogP) is 3.91. The number of anilines is 1. The number of nitrogen functional groups attached to an aromatic ring is 1. The van der Waals surface area contributed by atoms with E-state index in [0.717, 1.165) is 27.7 Å². The van der Waals surface area contributed by atoms with Crippen LogP contribution in [0.15, 0.2) is 47.0 Å². The molecule has 0 amide bonds. The maximum absolute atomic E-state index is 9.41.